The Balaban J connectivity index is 1.89. The van der Waals surface area contributed by atoms with Gasteiger partial charge in [0.1, 0.15) is 0 Å². The van der Waals surface area contributed by atoms with Crippen molar-refractivity contribution in [1.82, 2.24) is 4.90 Å². The molecule has 2 rings (SSSR count). The van der Waals surface area contributed by atoms with E-state index in [1.807, 2.05) is 0 Å². The number of carbonyl (C=O) groups is 1. The molecule has 1 N–H and O–H groups in total. The van der Waals surface area contributed by atoms with Crippen LogP contribution in [-0.4, -0.2) is 35.6 Å². The summed E-state index contributed by atoms with van der Waals surface area (Å²) in [5.74, 6) is -0.243. The standard InChI is InChI=1S/C14H25NO2/c16-14(17)13(12-7-3-4-8-12)11-15-9-5-1-2-6-10-15/h12-13H,1-11H2,(H,16,17). The van der Waals surface area contributed by atoms with Crippen molar-refractivity contribution >= 4 is 5.97 Å². The molecule has 98 valence electrons. The molecule has 1 saturated carbocycles. The SMILES string of the molecule is O=C(O)C(CN1CCCCCC1)C1CCCC1. The fourth-order valence-electron chi connectivity index (χ4n) is 3.39. The zero-order valence-corrected chi connectivity index (χ0v) is 10.7. The summed E-state index contributed by atoms with van der Waals surface area (Å²) in [4.78, 5) is 13.8. The molecular formula is C14H25NO2. The Morgan fingerprint density at radius 2 is 1.65 bits per heavy atom. The molecule has 2 aliphatic rings. The van der Waals surface area contributed by atoms with Gasteiger partial charge in [-0.05, 0) is 44.7 Å². The second-order valence-electron chi connectivity index (χ2n) is 5.70. The van der Waals surface area contributed by atoms with Crippen molar-refractivity contribution in [2.24, 2.45) is 11.8 Å². The smallest absolute Gasteiger partial charge is 0.308 e. The van der Waals surface area contributed by atoms with E-state index in [4.69, 9.17) is 0 Å². The van der Waals surface area contributed by atoms with Gasteiger partial charge in [0, 0.05) is 6.54 Å². The Hall–Kier alpha value is -0.570. The van der Waals surface area contributed by atoms with Crippen LogP contribution in [0.5, 0.6) is 0 Å². The van der Waals surface area contributed by atoms with Gasteiger partial charge in [0.05, 0.1) is 5.92 Å². The minimum absolute atomic E-state index is 0.115. The number of carboxylic acids is 1. The molecule has 0 radical (unpaired) electrons. The maximum Gasteiger partial charge on any atom is 0.308 e. The first-order chi connectivity index (χ1) is 8.27. The van der Waals surface area contributed by atoms with E-state index in [1.165, 1.54) is 38.5 Å². The number of nitrogens with zero attached hydrogens (tertiary/aromatic N) is 1. The third-order valence-corrected chi connectivity index (χ3v) is 4.44. The number of rotatable bonds is 4. The van der Waals surface area contributed by atoms with Gasteiger partial charge in [0.25, 0.3) is 0 Å². The molecule has 2 fully saturated rings. The fraction of sp³-hybridized carbons (Fsp3) is 0.929. The lowest BCUT2D eigenvalue weighted by Crippen LogP contribution is -2.37. The molecule has 3 heteroatoms. The molecule has 0 spiro atoms. The van der Waals surface area contributed by atoms with Crippen molar-refractivity contribution in [3.05, 3.63) is 0 Å². The van der Waals surface area contributed by atoms with Gasteiger partial charge in [-0.15, -0.1) is 0 Å². The molecule has 1 saturated heterocycles. The summed E-state index contributed by atoms with van der Waals surface area (Å²) in [5, 5.41) is 9.41. The molecule has 0 aromatic heterocycles. The third kappa shape index (κ3) is 3.70. The Bertz CT molecular complexity index is 241. The van der Waals surface area contributed by atoms with E-state index >= 15 is 0 Å². The van der Waals surface area contributed by atoms with Gasteiger partial charge in [-0.3, -0.25) is 4.79 Å². The van der Waals surface area contributed by atoms with Gasteiger partial charge in [0.15, 0.2) is 0 Å². The summed E-state index contributed by atoms with van der Waals surface area (Å²) >= 11 is 0. The second kappa shape index (κ2) is 6.39. The van der Waals surface area contributed by atoms with Crippen LogP contribution in [0.1, 0.15) is 51.4 Å². The molecule has 0 aromatic rings. The molecule has 0 aromatic carbocycles. The molecule has 1 aliphatic carbocycles. The minimum atomic E-state index is -0.568. The summed E-state index contributed by atoms with van der Waals surface area (Å²) in [7, 11) is 0. The first-order valence-corrected chi connectivity index (χ1v) is 7.22. The first kappa shape index (κ1) is 12.9. The lowest BCUT2D eigenvalue weighted by Gasteiger charge is -2.27. The molecule has 1 aliphatic heterocycles. The zero-order chi connectivity index (χ0) is 12.1. The monoisotopic (exact) mass is 239 g/mol. The number of aliphatic carboxylic acids is 1. The highest BCUT2D eigenvalue weighted by molar-refractivity contribution is 5.70. The molecule has 0 amide bonds. The average Bonchev–Trinajstić information content (AvgIpc) is 2.70. The molecule has 0 bridgehead atoms. The number of hydrogen-bond donors (Lipinski definition) is 1. The molecular weight excluding hydrogens is 214 g/mol. The summed E-state index contributed by atoms with van der Waals surface area (Å²) in [6.07, 6.45) is 9.85. The topological polar surface area (TPSA) is 40.5 Å². The zero-order valence-electron chi connectivity index (χ0n) is 10.7. The number of carboxylic acid groups (broad SMARTS) is 1. The predicted octanol–water partition coefficient (Wildman–Crippen LogP) is 2.75. The number of hydrogen-bond acceptors (Lipinski definition) is 2. The van der Waals surface area contributed by atoms with Crippen LogP contribution in [-0.2, 0) is 4.79 Å². The van der Waals surface area contributed by atoms with Gasteiger partial charge in [-0.1, -0.05) is 25.7 Å². The van der Waals surface area contributed by atoms with Crippen LogP contribution >= 0.6 is 0 Å². The Morgan fingerprint density at radius 1 is 1.06 bits per heavy atom. The maximum absolute atomic E-state index is 11.4. The summed E-state index contributed by atoms with van der Waals surface area (Å²) in [6, 6.07) is 0. The van der Waals surface area contributed by atoms with Crippen LogP contribution < -0.4 is 0 Å². The Morgan fingerprint density at radius 3 is 2.18 bits per heavy atom. The highest BCUT2D eigenvalue weighted by Gasteiger charge is 2.31. The van der Waals surface area contributed by atoms with Gasteiger partial charge >= 0.3 is 5.97 Å². The van der Waals surface area contributed by atoms with Crippen molar-refractivity contribution in [3.8, 4) is 0 Å². The van der Waals surface area contributed by atoms with Gasteiger partial charge in [0.2, 0.25) is 0 Å². The van der Waals surface area contributed by atoms with E-state index in [1.54, 1.807) is 0 Å². The van der Waals surface area contributed by atoms with Gasteiger partial charge in [-0.25, -0.2) is 0 Å². The van der Waals surface area contributed by atoms with Crippen LogP contribution in [0.15, 0.2) is 0 Å². The van der Waals surface area contributed by atoms with Crippen molar-refractivity contribution in [3.63, 3.8) is 0 Å². The second-order valence-corrected chi connectivity index (χ2v) is 5.70. The molecule has 3 nitrogen and oxygen atoms in total. The normalized spacial score (nSPS) is 25.6. The van der Waals surface area contributed by atoms with Gasteiger partial charge < -0.3 is 10.0 Å². The van der Waals surface area contributed by atoms with Crippen molar-refractivity contribution in [2.45, 2.75) is 51.4 Å². The Labute approximate surface area is 104 Å². The van der Waals surface area contributed by atoms with Gasteiger partial charge in [-0.2, -0.15) is 0 Å². The largest absolute Gasteiger partial charge is 0.481 e. The quantitative estimate of drug-likeness (QED) is 0.820. The highest BCUT2D eigenvalue weighted by atomic mass is 16.4. The fourth-order valence-corrected chi connectivity index (χ4v) is 3.39. The van der Waals surface area contributed by atoms with E-state index in [9.17, 15) is 9.90 Å². The van der Waals surface area contributed by atoms with E-state index in [0.29, 0.717) is 5.92 Å². The minimum Gasteiger partial charge on any atom is -0.481 e. The predicted molar refractivity (Wildman–Crippen MR) is 68.0 cm³/mol. The lowest BCUT2D eigenvalue weighted by atomic mass is 9.90. The molecule has 17 heavy (non-hydrogen) atoms. The van der Waals surface area contributed by atoms with E-state index < -0.39 is 5.97 Å². The average molecular weight is 239 g/mol. The van der Waals surface area contributed by atoms with E-state index in [-0.39, 0.29) is 5.92 Å². The van der Waals surface area contributed by atoms with Crippen molar-refractivity contribution in [2.75, 3.05) is 19.6 Å². The molecule has 1 atom stereocenters. The van der Waals surface area contributed by atoms with E-state index in [0.717, 1.165) is 32.5 Å². The Kier molecular flexibility index (Phi) is 4.84. The van der Waals surface area contributed by atoms with Crippen molar-refractivity contribution in [1.29, 1.82) is 0 Å². The van der Waals surface area contributed by atoms with Crippen LogP contribution in [0.4, 0.5) is 0 Å². The molecule has 1 unspecified atom stereocenters. The van der Waals surface area contributed by atoms with Crippen LogP contribution in [0.25, 0.3) is 0 Å². The lowest BCUT2D eigenvalue weighted by molar-refractivity contribution is -0.144. The highest BCUT2D eigenvalue weighted by Crippen LogP contribution is 2.32. The number of likely N-dealkylation sites (tertiary alicyclic amines) is 1. The summed E-state index contributed by atoms with van der Waals surface area (Å²) in [5.41, 5.74) is 0. The van der Waals surface area contributed by atoms with Crippen LogP contribution in [0.2, 0.25) is 0 Å². The first-order valence-electron chi connectivity index (χ1n) is 7.22. The summed E-state index contributed by atoms with van der Waals surface area (Å²) < 4.78 is 0. The van der Waals surface area contributed by atoms with Crippen LogP contribution in [0, 0.1) is 11.8 Å². The maximum atomic E-state index is 11.4. The van der Waals surface area contributed by atoms with Crippen molar-refractivity contribution < 1.29 is 9.90 Å². The van der Waals surface area contributed by atoms with E-state index in [2.05, 4.69) is 4.90 Å². The third-order valence-electron chi connectivity index (χ3n) is 4.44. The molecule has 1 heterocycles. The summed E-state index contributed by atoms with van der Waals surface area (Å²) in [6.45, 7) is 3.01. The van der Waals surface area contributed by atoms with Crippen LogP contribution in [0.3, 0.4) is 0 Å².